The fraction of sp³-hybridized carbons (Fsp3) is 0.318. The number of nitrogens with one attached hydrogen (secondary N) is 2. The molecule has 0 saturated carbocycles. The standard InChI is InChI=1S/C22H26ClN3O4/c1-5-30-18-11-10-15(12-19(18)29-4)13-24-26-22(28)20(14(2)3)25-21(27)16-8-6-7-9-17(16)23/h6-14,20H,5H2,1-4H3,(H,25,27)(H,26,28). The van der Waals surface area contributed by atoms with Gasteiger partial charge in [0.05, 0.1) is 30.5 Å². The summed E-state index contributed by atoms with van der Waals surface area (Å²) in [6, 6.07) is 11.2. The molecular weight excluding hydrogens is 406 g/mol. The van der Waals surface area contributed by atoms with E-state index in [1.807, 2.05) is 20.8 Å². The summed E-state index contributed by atoms with van der Waals surface area (Å²) in [6.45, 7) is 6.08. The monoisotopic (exact) mass is 431 g/mol. The largest absolute Gasteiger partial charge is 0.493 e. The van der Waals surface area contributed by atoms with Crippen molar-refractivity contribution >= 4 is 29.6 Å². The SMILES string of the molecule is CCOc1ccc(C=NNC(=O)C(NC(=O)c2ccccc2Cl)C(C)C)cc1OC. The van der Waals surface area contributed by atoms with Gasteiger partial charge in [-0.1, -0.05) is 37.6 Å². The molecule has 2 rings (SSSR count). The molecule has 0 aliphatic carbocycles. The molecule has 2 amide bonds. The van der Waals surface area contributed by atoms with Gasteiger partial charge in [-0.25, -0.2) is 5.43 Å². The molecule has 0 fully saturated rings. The highest BCUT2D eigenvalue weighted by atomic mass is 35.5. The van der Waals surface area contributed by atoms with Gasteiger partial charge < -0.3 is 14.8 Å². The molecule has 8 heteroatoms. The molecule has 0 heterocycles. The van der Waals surface area contributed by atoms with Crippen LogP contribution in [-0.2, 0) is 4.79 Å². The Hall–Kier alpha value is -3.06. The molecule has 2 aromatic carbocycles. The Kier molecular flexibility index (Phi) is 8.68. The van der Waals surface area contributed by atoms with E-state index < -0.39 is 17.9 Å². The fourth-order valence-corrected chi connectivity index (χ4v) is 2.90. The number of methoxy groups -OCH3 is 1. The summed E-state index contributed by atoms with van der Waals surface area (Å²) in [4.78, 5) is 25.1. The molecule has 0 aromatic heterocycles. The van der Waals surface area contributed by atoms with Gasteiger partial charge in [-0.2, -0.15) is 5.10 Å². The van der Waals surface area contributed by atoms with Crippen LogP contribution in [0.4, 0.5) is 0 Å². The highest BCUT2D eigenvalue weighted by molar-refractivity contribution is 6.33. The molecule has 0 spiro atoms. The number of hydrazone groups is 1. The third kappa shape index (κ3) is 6.22. The zero-order valence-corrected chi connectivity index (χ0v) is 18.2. The van der Waals surface area contributed by atoms with Crippen LogP contribution in [0, 0.1) is 5.92 Å². The molecule has 160 valence electrons. The van der Waals surface area contributed by atoms with E-state index in [4.69, 9.17) is 21.1 Å². The number of halogens is 1. The quantitative estimate of drug-likeness (QED) is 0.468. The second kappa shape index (κ2) is 11.2. The Bertz CT molecular complexity index is 915. The maximum absolute atomic E-state index is 12.6. The van der Waals surface area contributed by atoms with Crippen LogP contribution < -0.4 is 20.2 Å². The van der Waals surface area contributed by atoms with Crippen LogP contribution in [-0.4, -0.2) is 37.8 Å². The van der Waals surface area contributed by atoms with Crippen LogP contribution in [0.15, 0.2) is 47.6 Å². The Morgan fingerprint density at radius 2 is 1.90 bits per heavy atom. The van der Waals surface area contributed by atoms with Gasteiger partial charge in [-0.3, -0.25) is 9.59 Å². The number of amides is 2. The predicted molar refractivity (Wildman–Crippen MR) is 117 cm³/mol. The third-order valence-electron chi connectivity index (χ3n) is 4.23. The van der Waals surface area contributed by atoms with Crippen molar-refractivity contribution in [3.05, 3.63) is 58.6 Å². The average Bonchev–Trinajstić information content (AvgIpc) is 2.72. The van der Waals surface area contributed by atoms with E-state index in [-0.39, 0.29) is 5.92 Å². The van der Waals surface area contributed by atoms with Crippen LogP contribution >= 0.6 is 11.6 Å². The van der Waals surface area contributed by atoms with E-state index in [0.717, 1.165) is 5.56 Å². The summed E-state index contributed by atoms with van der Waals surface area (Å²) in [5, 5.41) is 7.03. The minimum Gasteiger partial charge on any atom is -0.493 e. The van der Waals surface area contributed by atoms with Gasteiger partial charge >= 0.3 is 0 Å². The Morgan fingerprint density at radius 3 is 2.53 bits per heavy atom. The van der Waals surface area contributed by atoms with Crippen molar-refractivity contribution in [2.45, 2.75) is 26.8 Å². The van der Waals surface area contributed by atoms with E-state index in [9.17, 15) is 9.59 Å². The second-order valence-corrected chi connectivity index (χ2v) is 7.16. The van der Waals surface area contributed by atoms with Crippen LogP contribution in [0.2, 0.25) is 5.02 Å². The van der Waals surface area contributed by atoms with Gasteiger partial charge in [0, 0.05) is 0 Å². The smallest absolute Gasteiger partial charge is 0.262 e. The van der Waals surface area contributed by atoms with E-state index in [1.54, 1.807) is 49.6 Å². The minimum atomic E-state index is -0.777. The van der Waals surface area contributed by atoms with Gasteiger partial charge in [0.1, 0.15) is 6.04 Å². The molecule has 2 aromatic rings. The molecule has 30 heavy (non-hydrogen) atoms. The highest BCUT2D eigenvalue weighted by Gasteiger charge is 2.25. The zero-order chi connectivity index (χ0) is 22.1. The number of hydrogen-bond acceptors (Lipinski definition) is 5. The first-order valence-corrected chi connectivity index (χ1v) is 9.94. The number of nitrogens with zero attached hydrogens (tertiary/aromatic N) is 1. The van der Waals surface area contributed by atoms with E-state index >= 15 is 0 Å². The van der Waals surface area contributed by atoms with Crippen molar-refractivity contribution in [2.24, 2.45) is 11.0 Å². The number of rotatable bonds is 9. The number of hydrogen-bond donors (Lipinski definition) is 2. The van der Waals surface area contributed by atoms with E-state index in [0.29, 0.717) is 28.7 Å². The van der Waals surface area contributed by atoms with Crippen molar-refractivity contribution in [3.63, 3.8) is 0 Å². The highest BCUT2D eigenvalue weighted by Crippen LogP contribution is 2.27. The molecule has 0 aliphatic heterocycles. The molecule has 0 saturated heterocycles. The molecular formula is C22H26ClN3O4. The van der Waals surface area contributed by atoms with Crippen LogP contribution in [0.25, 0.3) is 0 Å². The van der Waals surface area contributed by atoms with Gasteiger partial charge in [0.2, 0.25) is 0 Å². The Balaban J connectivity index is 2.05. The predicted octanol–water partition coefficient (Wildman–Crippen LogP) is 3.65. The van der Waals surface area contributed by atoms with Crippen molar-refractivity contribution in [1.29, 1.82) is 0 Å². The van der Waals surface area contributed by atoms with Crippen LogP contribution in [0.5, 0.6) is 11.5 Å². The molecule has 1 unspecified atom stereocenters. The Labute approximate surface area is 181 Å². The molecule has 1 atom stereocenters. The summed E-state index contributed by atoms with van der Waals surface area (Å²) in [5.41, 5.74) is 3.50. The normalized spacial score (nSPS) is 11.9. The van der Waals surface area contributed by atoms with Gasteiger partial charge in [-0.15, -0.1) is 0 Å². The van der Waals surface area contributed by atoms with Gasteiger partial charge in [0.25, 0.3) is 11.8 Å². The van der Waals surface area contributed by atoms with Crippen LogP contribution in [0.1, 0.15) is 36.7 Å². The number of carbonyl (C=O) groups is 2. The topological polar surface area (TPSA) is 89.0 Å². The lowest BCUT2D eigenvalue weighted by molar-refractivity contribution is -0.123. The zero-order valence-electron chi connectivity index (χ0n) is 17.4. The van der Waals surface area contributed by atoms with Crippen molar-refractivity contribution < 1.29 is 19.1 Å². The first-order chi connectivity index (χ1) is 14.4. The van der Waals surface area contributed by atoms with Crippen molar-refractivity contribution in [1.82, 2.24) is 10.7 Å². The second-order valence-electron chi connectivity index (χ2n) is 6.75. The van der Waals surface area contributed by atoms with Crippen LogP contribution in [0.3, 0.4) is 0 Å². The van der Waals surface area contributed by atoms with Gasteiger partial charge in [-0.05, 0) is 48.7 Å². The van der Waals surface area contributed by atoms with Crippen molar-refractivity contribution in [2.75, 3.05) is 13.7 Å². The third-order valence-corrected chi connectivity index (χ3v) is 4.56. The lowest BCUT2D eigenvalue weighted by atomic mass is 10.0. The summed E-state index contributed by atoms with van der Waals surface area (Å²) in [7, 11) is 1.55. The maximum atomic E-state index is 12.6. The number of benzene rings is 2. The molecule has 0 radical (unpaired) electrons. The average molecular weight is 432 g/mol. The summed E-state index contributed by atoms with van der Waals surface area (Å²) in [5.74, 6) is 0.189. The number of ether oxygens (including phenoxy) is 2. The molecule has 7 nitrogen and oxygen atoms in total. The summed E-state index contributed by atoms with van der Waals surface area (Å²) < 4.78 is 10.8. The number of carbonyl (C=O) groups excluding carboxylic acids is 2. The Morgan fingerprint density at radius 1 is 1.17 bits per heavy atom. The van der Waals surface area contributed by atoms with Gasteiger partial charge in [0.15, 0.2) is 11.5 Å². The summed E-state index contributed by atoms with van der Waals surface area (Å²) in [6.07, 6.45) is 1.49. The molecule has 0 aliphatic rings. The first kappa shape index (κ1) is 23.2. The lowest BCUT2D eigenvalue weighted by Crippen LogP contribution is -2.48. The van der Waals surface area contributed by atoms with E-state index in [1.165, 1.54) is 6.21 Å². The summed E-state index contributed by atoms with van der Waals surface area (Å²) >= 11 is 6.06. The fourth-order valence-electron chi connectivity index (χ4n) is 2.68. The minimum absolute atomic E-state index is 0.155. The molecule has 2 N–H and O–H groups in total. The lowest BCUT2D eigenvalue weighted by Gasteiger charge is -2.20. The molecule has 0 bridgehead atoms. The van der Waals surface area contributed by atoms with E-state index in [2.05, 4.69) is 15.8 Å². The maximum Gasteiger partial charge on any atom is 0.262 e. The van der Waals surface area contributed by atoms with Crippen molar-refractivity contribution in [3.8, 4) is 11.5 Å². The first-order valence-electron chi connectivity index (χ1n) is 9.56.